The molecule has 1 amide bonds. The topological polar surface area (TPSA) is 46.9 Å². The van der Waals surface area contributed by atoms with Crippen LogP contribution >= 0.6 is 11.6 Å². The summed E-state index contributed by atoms with van der Waals surface area (Å²) in [5.74, 6) is 1.21. The summed E-state index contributed by atoms with van der Waals surface area (Å²) in [5.41, 5.74) is 3.13. The number of alkyl halides is 1. The molecule has 20 heavy (non-hydrogen) atoms. The first-order valence-electron chi connectivity index (χ1n) is 6.83. The second kappa shape index (κ2) is 6.27. The smallest absolute Gasteiger partial charge is 0.221 e. The van der Waals surface area contributed by atoms with Gasteiger partial charge in [-0.05, 0) is 32.4 Å². The van der Waals surface area contributed by atoms with Crippen molar-refractivity contribution in [3.05, 3.63) is 29.6 Å². The molecule has 1 heterocycles. The predicted octanol–water partition coefficient (Wildman–Crippen LogP) is 3.00. The number of amides is 1. The van der Waals surface area contributed by atoms with E-state index in [1.807, 2.05) is 43.5 Å². The van der Waals surface area contributed by atoms with Crippen molar-refractivity contribution in [3.8, 4) is 0 Å². The number of hydrogen-bond acceptors (Lipinski definition) is 2. The van der Waals surface area contributed by atoms with Gasteiger partial charge in [-0.25, -0.2) is 4.98 Å². The van der Waals surface area contributed by atoms with E-state index in [4.69, 9.17) is 11.6 Å². The number of aryl methyl sites for hydroxylation is 2. The van der Waals surface area contributed by atoms with Crippen LogP contribution in [0.15, 0.2) is 18.2 Å². The number of aromatic nitrogens is 2. The van der Waals surface area contributed by atoms with Crippen LogP contribution in [0.4, 0.5) is 0 Å². The molecule has 0 bridgehead atoms. The maximum absolute atomic E-state index is 11.8. The number of benzene rings is 1. The molecule has 0 fully saturated rings. The van der Waals surface area contributed by atoms with Crippen molar-refractivity contribution in [1.29, 1.82) is 0 Å². The molecule has 0 spiro atoms. The molecule has 108 valence electrons. The van der Waals surface area contributed by atoms with Gasteiger partial charge in [0, 0.05) is 19.0 Å². The molecule has 0 saturated heterocycles. The Kier molecular flexibility index (Phi) is 4.65. The Balaban J connectivity index is 2.24. The third-order valence-electron chi connectivity index (χ3n) is 3.19. The molecule has 1 aromatic carbocycles. The number of rotatable bonds is 5. The highest BCUT2D eigenvalue weighted by molar-refractivity contribution is 6.16. The molecule has 0 atom stereocenters. The van der Waals surface area contributed by atoms with E-state index in [0.717, 1.165) is 22.4 Å². The van der Waals surface area contributed by atoms with Crippen molar-refractivity contribution < 1.29 is 4.79 Å². The maximum atomic E-state index is 11.8. The number of halogens is 1. The minimum Gasteiger partial charge on any atom is -0.354 e. The standard InChI is InChI=1S/C15H20ClN3O/c1-10(2)17-14(20)7-8-19-12-6-4-5-11(3)15(12)18-13(19)9-16/h4-6,10H,7-9H2,1-3H3,(H,17,20). The zero-order chi connectivity index (χ0) is 14.7. The highest BCUT2D eigenvalue weighted by Crippen LogP contribution is 2.21. The molecular formula is C15H20ClN3O. The van der Waals surface area contributed by atoms with E-state index >= 15 is 0 Å². The van der Waals surface area contributed by atoms with E-state index in [1.165, 1.54) is 0 Å². The normalized spacial score (nSPS) is 11.2. The molecular weight excluding hydrogens is 274 g/mol. The summed E-state index contributed by atoms with van der Waals surface area (Å²) in [5, 5.41) is 2.90. The maximum Gasteiger partial charge on any atom is 0.221 e. The number of nitrogens with zero attached hydrogens (tertiary/aromatic N) is 2. The van der Waals surface area contributed by atoms with E-state index < -0.39 is 0 Å². The number of imidazole rings is 1. The third kappa shape index (κ3) is 3.12. The van der Waals surface area contributed by atoms with Crippen LogP contribution in [0.3, 0.4) is 0 Å². The van der Waals surface area contributed by atoms with Crippen molar-refractivity contribution in [2.45, 2.75) is 45.7 Å². The minimum atomic E-state index is 0.0509. The van der Waals surface area contributed by atoms with Crippen molar-refractivity contribution >= 4 is 28.5 Å². The van der Waals surface area contributed by atoms with Gasteiger partial charge in [0.1, 0.15) is 5.82 Å². The van der Waals surface area contributed by atoms with E-state index in [0.29, 0.717) is 18.8 Å². The largest absolute Gasteiger partial charge is 0.354 e. The van der Waals surface area contributed by atoms with Crippen LogP contribution < -0.4 is 5.32 Å². The highest BCUT2D eigenvalue weighted by atomic mass is 35.5. The van der Waals surface area contributed by atoms with E-state index in [-0.39, 0.29) is 11.9 Å². The second-order valence-electron chi connectivity index (χ2n) is 5.23. The summed E-state index contributed by atoms with van der Waals surface area (Å²) in [4.78, 5) is 16.3. The summed E-state index contributed by atoms with van der Waals surface area (Å²) in [7, 11) is 0. The summed E-state index contributed by atoms with van der Waals surface area (Å²) in [6, 6.07) is 6.22. The number of hydrogen-bond donors (Lipinski definition) is 1. The van der Waals surface area contributed by atoms with Gasteiger partial charge in [0.05, 0.1) is 16.9 Å². The van der Waals surface area contributed by atoms with Crippen LogP contribution in [0.5, 0.6) is 0 Å². The molecule has 2 rings (SSSR count). The Morgan fingerprint density at radius 3 is 2.85 bits per heavy atom. The predicted molar refractivity (Wildman–Crippen MR) is 81.9 cm³/mol. The van der Waals surface area contributed by atoms with Crippen LogP contribution in [-0.4, -0.2) is 21.5 Å². The zero-order valence-corrected chi connectivity index (χ0v) is 12.9. The van der Waals surface area contributed by atoms with E-state index in [1.54, 1.807) is 0 Å². The molecule has 0 aliphatic heterocycles. The fourth-order valence-electron chi connectivity index (χ4n) is 2.29. The van der Waals surface area contributed by atoms with Gasteiger partial charge in [0.2, 0.25) is 5.91 Å². The van der Waals surface area contributed by atoms with E-state index in [2.05, 4.69) is 10.3 Å². The first kappa shape index (κ1) is 14.9. The lowest BCUT2D eigenvalue weighted by molar-refractivity contribution is -0.121. The summed E-state index contributed by atoms with van der Waals surface area (Å²) >= 11 is 5.97. The number of para-hydroxylation sites is 1. The van der Waals surface area contributed by atoms with Crippen molar-refractivity contribution in [1.82, 2.24) is 14.9 Å². The van der Waals surface area contributed by atoms with Crippen LogP contribution in [-0.2, 0) is 17.2 Å². The lowest BCUT2D eigenvalue weighted by Crippen LogP contribution is -2.30. The van der Waals surface area contributed by atoms with Gasteiger partial charge in [-0.15, -0.1) is 11.6 Å². The molecule has 0 saturated carbocycles. The fraction of sp³-hybridized carbons (Fsp3) is 0.467. The molecule has 0 unspecified atom stereocenters. The first-order valence-corrected chi connectivity index (χ1v) is 7.36. The van der Waals surface area contributed by atoms with Crippen LogP contribution in [0.2, 0.25) is 0 Å². The van der Waals surface area contributed by atoms with Gasteiger partial charge in [-0.1, -0.05) is 12.1 Å². The SMILES string of the molecule is Cc1cccc2c1nc(CCl)n2CCC(=O)NC(C)C. The average molecular weight is 294 g/mol. The summed E-state index contributed by atoms with van der Waals surface area (Å²) in [6.45, 7) is 6.54. The fourth-order valence-corrected chi connectivity index (χ4v) is 2.50. The molecule has 5 heteroatoms. The van der Waals surface area contributed by atoms with Crippen molar-refractivity contribution in [2.24, 2.45) is 0 Å². The Hall–Kier alpha value is -1.55. The van der Waals surface area contributed by atoms with Gasteiger partial charge >= 0.3 is 0 Å². The van der Waals surface area contributed by atoms with Gasteiger partial charge in [0.25, 0.3) is 0 Å². The number of carbonyl (C=O) groups is 1. The highest BCUT2D eigenvalue weighted by Gasteiger charge is 2.12. The van der Waals surface area contributed by atoms with E-state index in [9.17, 15) is 4.79 Å². The van der Waals surface area contributed by atoms with Crippen LogP contribution in [0.25, 0.3) is 11.0 Å². The second-order valence-corrected chi connectivity index (χ2v) is 5.50. The van der Waals surface area contributed by atoms with Crippen LogP contribution in [0, 0.1) is 6.92 Å². The Morgan fingerprint density at radius 2 is 2.20 bits per heavy atom. The number of fused-ring (bicyclic) bond motifs is 1. The summed E-state index contributed by atoms with van der Waals surface area (Å²) < 4.78 is 2.04. The zero-order valence-electron chi connectivity index (χ0n) is 12.1. The quantitative estimate of drug-likeness (QED) is 0.862. The van der Waals surface area contributed by atoms with Gasteiger partial charge in [-0.3, -0.25) is 4.79 Å². The average Bonchev–Trinajstić information content (AvgIpc) is 2.75. The first-order chi connectivity index (χ1) is 9.52. The molecule has 0 aliphatic carbocycles. The lowest BCUT2D eigenvalue weighted by atomic mass is 10.2. The van der Waals surface area contributed by atoms with Gasteiger partial charge < -0.3 is 9.88 Å². The van der Waals surface area contributed by atoms with Gasteiger partial charge in [0.15, 0.2) is 0 Å². The molecule has 0 radical (unpaired) electrons. The molecule has 1 aromatic heterocycles. The number of carbonyl (C=O) groups excluding carboxylic acids is 1. The molecule has 4 nitrogen and oxygen atoms in total. The Bertz CT molecular complexity index is 619. The lowest BCUT2D eigenvalue weighted by Gasteiger charge is -2.10. The van der Waals surface area contributed by atoms with Gasteiger partial charge in [-0.2, -0.15) is 0 Å². The third-order valence-corrected chi connectivity index (χ3v) is 3.43. The van der Waals surface area contributed by atoms with Crippen molar-refractivity contribution in [2.75, 3.05) is 0 Å². The monoisotopic (exact) mass is 293 g/mol. The summed E-state index contributed by atoms with van der Waals surface area (Å²) in [6.07, 6.45) is 0.432. The van der Waals surface area contributed by atoms with Crippen LogP contribution in [0.1, 0.15) is 31.7 Å². The number of nitrogens with one attached hydrogen (secondary N) is 1. The minimum absolute atomic E-state index is 0.0509. The Morgan fingerprint density at radius 1 is 1.45 bits per heavy atom. The molecule has 0 aliphatic rings. The molecule has 1 N–H and O–H groups in total. The van der Waals surface area contributed by atoms with Crippen molar-refractivity contribution in [3.63, 3.8) is 0 Å². The molecule has 2 aromatic rings. The Labute approximate surface area is 124 Å².